The van der Waals surface area contributed by atoms with Crippen LogP contribution in [0.25, 0.3) is 0 Å². The fraction of sp³-hybridized carbons (Fsp3) is 0.130. The third-order valence-electron chi connectivity index (χ3n) is 4.04. The van der Waals surface area contributed by atoms with E-state index in [1.165, 1.54) is 42.5 Å². The standard InChI is InChI=1S/C23H19NO8/c25-22(16-31-21-12-5-4-11-20(21)24(27)28)32-19-10-6-7-17(15-19)23(26)30-14-13-29-18-8-2-1-3-9-18/h1-12,15H,13-14,16H2. The average molecular weight is 437 g/mol. The van der Waals surface area contributed by atoms with Gasteiger partial charge in [-0.3, -0.25) is 10.1 Å². The highest BCUT2D eigenvalue weighted by Crippen LogP contribution is 2.25. The monoisotopic (exact) mass is 437 g/mol. The van der Waals surface area contributed by atoms with E-state index < -0.39 is 23.5 Å². The van der Waals surface area contributed by atoms with Gasteiger partial charge in [0.05, 0.1) is 10.5 Å². The van der Waals surface area contributed by atoms with Gasteiger partial charge >= 0.3 is 17.6 Å². The van der Waals surface area contributed by atoms with Crippen LogP contribution < -0.4 is 14.2 Å². The molecule has 0 aliphatic heterocycles. The Hall–Kier alpha value is -4.40. The highest BCUT2D eigenvalue weighted by atomic mass is 16.6. The number of esters is 2. The number of hydrogen-bond donors (Lipinski definition) is 0. The summed E-state index contributed by atoms with van der Waals surface area (Å²) >= 11 is 0. The molecule has 3 rings (SSSR count). The molecule has 0 saturated heterocycles. The zero-order chi connectivity index (χ0) is 22.8. The van der Waals surface area contributed by atoms with Gasteiger partial charge in [-0.05, 0) is 36.4 Å². The molecule has 164 valence electrons. The Kier molecular flexibility index (Phi) is 7.74. The van der Waals surface area contributed by atoms with Crippen molar-refractivity contribution in [2.45, 2.75) is 0 Å². The number of benzene rings is 3. The summed E-state index contributed by atoms with van der Waals surface area (Å²) < 4.78 is 20.9. The lowest BCUT2D eigenvalue weighted by Crippen LogP contribution is -2.18. The Labute approximate surface area is 183 Å². The first-order valence-corrected chi connectivity index (χ1v) is 9.55. The van der Waals surface area contributed by atoms with Gasteiger partial charge in [-0.1, -0.05) is 36.4 Å². The molecular weight excluding hydrogens is 418 g/mol. The van der Waals surface area contributed by atoms with E-state index in [4.69, 9.17) is 18.9 Å². The van der Waals surface area contributed by atoms with Gasteiger partial charge in [-0.15, -0.1) is 0 Å². The summed E-state index contributed by atoms with van der Waals surface area (Å²) in [6, 6.07) is 20.7. The smallest absolute Gasteiger partial charge is 0.349 e. The van der Waals surface area contributed by atoms with Gasteiger partial charge in [0.2, 0.25) is 0 Å². The predicted molar refractivity (Wildman–Crippen MR) is 113 cm³/mol. The van der Waals surface area contributed by atoms with E-state index >= 15 is 0 Å². The van der Waals surface area contributed by atoms with Crippen LogP contribution in [0, 0.1) is 10.1 Å². The number of rotatable bonds is 10. The molecule has 3 aromatic rings. The van der Waals surface area contributed by atoms with Gasteiger partial charge in [-0.25, -0.2) is 9.59 Å². The Morgan fingerprint density at radius 1 is 0.812 bits per heavy atom. The largest absolute Gasteiger partial charge is 0.490 e. The summed E-state index contributed by atoms with van der Waals surface area (Å²) in [7, 11) is 0. The third-order valence-corrected chi connectivity index (χ3v) is 4.04. The SMILES string of the molecule is O=C(COc1ccccc1[N+](=O)[O-])Oc1cccc(C(=O)OCCOc2ccccc2)c1. The number of nitrogens with zero attached hydrogens (tertiary/aromatic N) is 1. The molecule has 0 fully saturated rings. The summed E-state index contributed by atoms with van der Waals surface area (Å²) in [5, 5.41) is 11.0. The lowest BCUT2D eigenvalue weighted by atomic mass is 10.2. The number of ether oxygens (including phenoxy) is 4. The molecule has 0 N–H and O–H groups in total. The van der Waals surface area contributed by atoms with Crippen LogP contribution >= 0.6 is 0 Å². The molecule has 32 heavy (non-hydrogen) atoms. The van der Waals surface area contributed by atoms with E-state index in [2.05, 4.69) is 0 Å². The number of carbonyl (C=O) groups is 2. The molecule has 9 nitrogen and oxygen atoms in total. The van der Waals surface area contributed by atoms with Crippen molar-refractivity contribution in [3.8, 4) is 17.2 Å². The number of carbonyl (C=O) groups excluding carboxylic acids is 2. The molecule has 0 aliphatic rings. The maximum absolute atomic E-state index is 12.2. The minimum atomic E-state index is -0.787. The van der Waals surface area contributed by atoms with Gasteiger partial charge in [0.25, 0.3) is 0 Å². The first-order chi connectivity index (χ1) is 15.5. The Morgan fingerprint density at radius 2 is 1.53 bits per heavy atom. The van der Waals surface area contributed by atoms with E-state index in [-0.39, 0.29) is 36.0 Å². The van der Waals surface area contributed by atoms with Crippen molar-refractivity contribution >= 4 is 17.6 Å². The fourth-order valence-corrected chi connectivity index (χ4v) is 2.61. The normalized spacial score (nSPS) is 10.1. The molecule has 0 amide bonds. The van der Waals surface area contributed by atoms with Gasteiger partial charge < -0.3 is 18.9 Å². The van der Waals surface area contributed by atoms with Crippen LogP contribution in [0.3, 0.4) is 0 Å². The summed E-state index contributed by atoms with van der Waals surface area (Å²) in [6.45, 7) is -0.314. The Bertz CT molecular complexity index is 1080. The Balaban J connectivity index is 1.48. The highest BCUT2D eigenvalue weighted by Gasteiger charge is 2.16. The lowest BCUT2D eigenvalue weighted by molar-refractivity contribution is -0.385. The summed E-state index contributed by atoms with van der Waals surface area (Å²) in [5.74, 6) is -0.665. The van der Waals surface area contributed by atoms with E-state index in [0.717, 1.165) is 0 Å². The van der Waals surface area contributed by atoms with Crippen molar-refractivity contribution in [3.05, 3.63) is 94.5 Å². The first-order valence-electron chi connectivity index (χ1n) is 9.55. The lowest BCUT2D eigenvalue weighted by Gasteiger charge is -2.09. The first kappa shape index (κ1) is 22.3. The van der Waals surface area contributed by atoms with E-state index in [1.54, 1.807) is 18.2 Å². The Morgan fingerprint density at radius 3 is 2.31 bits per heavy atom. The van der Waals surface area contributed by atoms with Crippen LogP contribution in [-0.4, -0.2) is 36.7 Å². The number of nitro benzene ring substituents is 1. The van der Waals surface area contributed by atoms with E-state index in [0.29, 0.717) is 5.75 Å². The fourth-order valence-electron chi connectivity index (χ4n) is 2.61. The number of hydrogen-bond acceptors (Lipinski definition) is 8. The minimum absolute atomic E-state index is 0.0431. The molecule has 9 heteroatoms. The van der Waals surface area contributed by atoms with Crippen LogP contribution in [0.15, 0.2) is 78.9 Å². The molecule has 0 unspecified atom stereocenters. The minimum Gasteiger partial charge on any atom is -0.490 e. The van der Waals surface area contributed by atoms with E-state index in [1.807, 2.05) is 18.2 Å². The summed E-state index contributed by atoms with van der Waals surface area (Å²) in [6.07, 6.45) is 0. The molecule has 3 aromatic carbocycles. The second-order valence-electron chi connectivity index (χ2n) is 6.31. The molecule has 0 heterocycles. The van der Waals surface area contributed by atoms with Crippen LogP contribution in [0.2, 0.25) is 0 Å². The van der Waals surface area contributed by atoms with Gasteiger partial charge in [0.1, 0.15) is 24.7 Å². The van der Waals surface area contributed by atoms with Gasteiger partial charge in [0, 0.05) is 6.07 Å². The zero-order valence-electron chi connectivity index (χ0n) is 16.8. The van der Waals surface area contributed by atoms with Crippen LogP contribution in [0.4, 0.5) is 5.69 Å². The second-order valence-corrected chi connectivity index (χ2v) is 6.31. The molecule has 0 aromatic heterocycles. The van der Waals surface area contributed by atoms with Crippen LogP contribution in [-0.2, 0) is 9.53 Å². The summed E-state index contributed by atoms with van der Waals surface area (Å²) in [4.78, 5) is 34.6. The maximum Gasteiger partial charge on any atom is 0.349 e. The molecule has 0 bridgehead atoms. The molecule has 0 atom stereocenters. The van der Waals surface area contributed by atoms with Crippen LogP contribution in [0.1, 0.15) is 10.4 Å². The predicted octanol–water partition coefficient (Wildman–Crippen LogP) is 3.82. The quantitative estimate of drug-likeness (QED) is 0.155. The zero-order valence-corrected chi connectivity index (χ0v) is 16.8. The topological polar surface area (TPSA) is 114 Å². The maximum atomic E-state index is 12.2. The van der Waals surface area contributed by atoms with Crippen molar-refractivity contribution in [2.75, 3.05) is 19.8 Å². The molecule has 0 spiro atoms. The van der Waals surface area contributed by atoms with Crippen molar-refractivity contribution in [1.29, 1.82) is 0 Å². The molecular formula is C23H19NO8. The highest BCUT2D eigenvalue weighted by molar-refractivity contribution is 5.90. The van der Waals surface area contributed by atoms with E-state index in [9.17, 15) is 19.7 Å². The molecule has 0 radical (unpaired) electrons. The van der Waals surface area contributed by atoms with Crippen molar-refractivity contribution in [1.82, 2.24) is 0 Å². The number of para-hydroxylation sites is 3. The average Bonchev–Trinajstić information content (AvgIpc) is 2.81. The van der Waals surface area contributed by atoms with Crippen molar-refractivity contribution < 1.29 is 33.5 Å². The third kappa shape index (κ3) is 6.56. The van der Waals surface area contributed by atoms with Crippen molar-refractivity contribution in [2.24, 2.45) is 0 Å². The van der Waals surface area contributed by atoms with Crippen molar-refractivity contribution in [3.63, 3.8) is 0 Å². The molecule has 0 aliphatic carbocycles. The van der Waals surface area contributed by atoms with Gasteiger partial charge in [0.15, 0.2) is 12.4 Å². The van der Waals surface area contributed by atoms with Gasteiger partial charge in [-0.2, -0.15) is 0 Å². The second kappa shape index (κ2) is 11.1. The van der Waals surface area contributed by atoms with Crippen LogP contribution in [0.5, 0.6) is 17.2 Å². The number of nitro groups is 1. The molecule has 0 saturated carbocycles. The summed E-state index contributed by atoms with van der Waals surface area (Å²) in [5.41, 5.74) is -0.0732.